The van der Waals surface area contributed by atoms with Crippen LogP contribution in [0.2, 0.25) is 0 Å². The predicted octanol–water partition coefficient (Wildman–Crippen LogP) is 11.4. The first kappa shape index (κ1) is 29.3. The second-order valence-corrected chi connectivity index (χ2v) is 15.3. The molecule has 14 heteroatoms. The summed E-state index contributed by atoms with van der Waals surface area (Å²) in [7, 11) is 0. The fraction of sp³-hybridized carbons (Fsp3) is 0. The Hall–Kier alpha value is -2.88. The molecule has 9 rings (SSSR count). The van der Waals surface area contributed by atoms with Crippen LogP contribution in [0.4, 0.5) is 0 Å². The van der Waals surface area contributed by atoms with Crippen molar-refractivity contribution in [1.29, 1.82) is 0 Å². The molecule has 2 N–H and O–H groups in total. The SMILES string of the molecule is Brc1ccc2c(c1Br)-c1nc-2nc2[nH]c(nc3nc(nc4[nH]c(n1)c1c(Br)c(Br)c(Br)c(Br)c41)-c1ccccc1-3)c1ccccc21. The normalized spacial score (nSPS) is 12.1. The van der Waals surface area contributed by atoms with E-state index in [2.05, 4.69) is 106 Å². The third-order valence-corrected chi connectivity index (χ3v) is 14.7. The van der Waals surface area contributed by atoms with Gasteiger partial charge in [0.1, 0.15) is 22.6 Å². The molecule has 0 saturated heterocycles. The minimum absolute atomic E-state index is 0.491. The smallest absolute Gasteiger partial charge is 0.165 e. The van der Waals surface area contributed by atoms with Crippen molar-refractivity contribution in [3.05, 3.63) is 87.5 Å². The summed E-state index contributed by atoms with van der Waals surface area (Å²) in [6.07, 6.45) is 0. The third kappa shape index (κ3) is 4.30. The molecule has 8 bridgehead atoms. The number of aromatic amines is 2. The highest BCUT2D eigenvalue weighted by Gasteiger charge is 2.26. The zero-order valence-electron chi connectivity index (χ0n) is 22.7. The number of rotatable bonds is 0. The van der Waals surface area contributed by atoms with Gasteiger partial charge in [0, 0.05) is 70.6 Å². The van der Waals surface area contributed by atoms with Crippen LogP contribution >= 0.6 is 95.6 Å². The molecule has 7 aromatic rings. The quantitative estimate of drug-likeness (QED) is 0.116. The second-order valence-electron chi connectivity index (χ2n) is 10.5. The molecular weight excluding hydrogens is 976 g/mol. The van der Waals surface area contributed by atoms with E-state index in [1.54, 1.807) is 0 Å². The van der Waals surface area contributed by atoms with Crippen LogP contribution < -0.4 is 0 Å². The van der Waals surface area contributed by atoms with Crippen molar-refractivity contribution in [1.82, 2.24) is 39.9 Å². The summed E-state index contributed by atoms with van der Waals surface area (Å²) < 4.78 is 4.96. The topological polar surface area (TPSA) is 109 Å². The van der Waals surface area contributed by atoms with Crippen LogP contribution in [0.3, 0.4) is 0 Å². The lowest BCUT2D eigenvalue weighted by atomic mass is 10.1. The van der Waals surface area contributed by atoms with Crippen LogP contribution in [-0.2, 0) is 0 Å². The van der Waals surface area contributed by atoms with Gasteiger partial charge in [-0.2, -0.15) is 0 Å². The Kier molecular flexibility index (Phi) is 6.89. The fourth-order valence-electron chi connectivity index (χ4n) is 5.83. The maximum atomic E-state index is 5.15. The second kappa shape index (κ2) is 10.8. The van der Waals surface area contributed by atoms with Gasteiger partial charge in [-0.3, -0.25) is 0 Å². The van der Waals surface area contributed by atoms with Gasteiger partial charge in [0.25, 0.3) is 0 Å². The monoisotopic (exact) mass is 982 g/mol. The summed E-state index contributed by atoms with van der Waals surface area (Å²) in [5.74, 6) is 2.10. The first-order chi connectivity index (χ1) is 22.3. The van der Waals surface area contributed by atoms with Crippen molar-refractivity contribution in [2.45, 2.75) is 0 Å². The summed E-state index contributed by atoms with van der Waals surface area (Å²) in [6.45, 7) is 0. The number of benzene rings is 4. The average molecular weight is 988 g/mol. The molecular formula is C32H12Br6N8. The minimum Gasteiger partial charge on any atom is -0.324 e. The molecule has 46 heavy (non-hydrogen) atoms. The van der Waals surface area contributed by atoms with Crippen LogP contribution in [0, 0.1) is 0 Å². The Morgan fingerprint density at radius 2 is 0.848 bits per heavy atom. The molecule has 5 heterocycles. The van der Waals surface area contributed by atoms with E-state index in [0.29, 0.717) is 45.9 Å². The molecule has 0 unspecified atom stereocenters. The van der Waals surface area contributed by atoms with Crippen molar-refractivity contribution >= 4 is 140 Å². The van der Waals surface area contributed by atoms with Crippen molar-refractivity contribution < 1.29 is 0 Å². The highest BCUT2D eigenvalue weighted by Crippen LogP contribution is 2.47. The van der Waals surface area contributed by atoms with Crippen LogP contribution in [-0.4, -0.2) is 39.9 Å². The number of hydrogen-bond donors (Lipinski definition) is 2. The summed E-state index contributed by atoms with van der Waals surface area (Å²) in [6, 6.07) is 20.0. The summed E-state index contributed by atoms with van der Waals surface area (Å²) in [4.78, 5) is 37.3. The highest BCUT2D eigenvalue weighted by molar-refractivity contribution is 9.15. The molecule has 0 spiro atoms. The number of nitrogens with zero attached hydrogens (tertiary/aromatic N) is 6. The molecule has 0 radical (unpaired) electrons. The average Bonchev–Trinajstić information content (AvgIpc) is 3.79. The molecule has 2 aliphatic heterocycles. The van der Waals surface area contributed by atoms with Gasteiger partial charge in [-0.25, -0.2) is 29.9 Å². The lowest BCUT2D eigenvalue weighted by Crippen LogP contribution is -1.85. The lowest BCUT2D eigenvalue weighted by molar-refractivity contribution is 1.19. The fourth-order valence-corrected chi connectivity index (χ4v) is 9.17. The molecule has 4 aromatic carbocycles. The zero-order valence-corrected chi connectivity index (χ0v) is 32.2. The highest BCUT2D eigenvalue weighted by atomic mass is 79.9. The van der Waals surface area contributed by atoms with Crippen LogP contribution in [0.15, 0.2) is 87.5 Å². The Balaban J connectivity index is 1.55. The Morgan fingerprint density at radius 1 is 0.391 bits per heavy atom. The number of hydrogen-bond acceptors (Lipinski definition) is 6. The number of aromatic nitrogens is 8. The van der Waals surface area contributed by atoms with E-state index >= 15 is 0 Å². The van der Waals surface area contributed by atoms with Crippen LogP contribution in [0.25, 0.3) is 89.7 Å². The predicted molar refractivity (Wildman–Crippen MR) is 202 cm³/mol. The van der Waals surface area contributed by atoms with Gasteiger partial charge in [0.05, 0.1) is 0 Å². The molecule has 222 valence electrons. The summed E-state index contributed by atoms with van der Waals surface area (Å²) in [5, 5.41) is 3.47. The molecule has 0 saturated carbocycles. The maximum absolute atomic E-state index is 5.15. The van der Waals surface area contributed by atoms with E-state index in [4.69, 9.17) is 29.9 Å². The number of halogens is 6. The summed E-state index contributed by atoms with van der Waals surface area (Å²) in [5.41, 5.74) is 5.84. The molecule has 2 aliphatic rings. The number of nitrogens with one attached hydrogen (secondary N) is 2. The van der Waals surface area contributed by atoms with Gasteiger partial charge in [-0.1, -0.05) is 48.5 Å². The summed E-state index contributed by atoms with van der Waals surface area (Å²) >= 11 is 22.5. The Bertz CT molecular complexity index is 2680. The first-order valence-corrected chi connectivity index (χ1v) is 18.4. The molecule has 8 nitrogen and oxygen atoms in total. The molecule has 0 aliphatic carbocycles. The van der Waals surface area contributed by atoms with Gasteiger partial charge in [-0.15, -0.1) is 0 Å². The van der Waals surface area contributed by atoms with Crippen molar-refractivity contribution in [3.8, 4) is 45.6 Å². The molecule has 0 atom stereocenters. The van der Waals surface area contributed by atoms with Crippen LogP contribution in [0.5, 0.6) is 0 Å². The maximum Gasteiger partial charge on any atom is 0.165 e. The number of fused-ring (bicyclic) bond motifs is 20. The van der Waals surface area contributed by atoms with E-state index in [9.17, 15) is 0 Å². The largest absolute Gasteiger partial charge is 0.324 e. The molecule has 3 aromatic heterocycles. The van der Waals surface area contributed by atoms with Crippen LogP contribution in [0.1, 0.15) is 0 Å². The van der Waals surface area contributed by atoms with Crippen molar-refractivity contribution in [2.24, 2.45) is 0 Å². The third-order valence-electron chi connectivity index (χ3n) is 7.91. The van der Waals surface area contributed by atoms with Crippen molar-refractivity contribution in [3.63, 3.8) is 0 Å². The zero-order chi connectivity index (χ0) is 31.4. The van der Waals surface area contributed by atoms with Crippen molar-refractivity contribution in [2.75, 3.05) is 0 Å². The van der Waals surface area contributed by atoms with Gasteiger partial charge < -0.3 is 9.97 Å². The van der Waals surface area contributed by atoms with E-state index in [0.717, 1.165) is 70.6 Å². The number of H-pyrrole nitrogens is 2. The first-order valence-electron chi connectivity index (χ1n) is 13.6. The Labute approximate surface area is 309 Å². The van der Waals surface area contributed by atoms with E-state index in [1.165, 1.54) is 0 Å². The van der Waals surface area contributed by atoms with E-state index < -0.39 is 0 Å². The standard InChI is InChI=1S/C32H12Br6N8/c33-16-10-9-15-17(20(16)34)30-44-29(15)42-27-12-6-2-1-5-11(12)25(40-27)39-26-13-7-3-4-8-14(13)28(41-26)43-31-18-19(32(45-30)46-31)22(36)24(38)23(37)21(18)35/h1-10H,(H2,39,40,41,42,43,44,45,46). The molecule has 0 amide bonds. The lowest BCUT2D eigenvalue weighted by Gasteiger charge is -2.06. The van der Waals surface area contributed by atoms with Gasteiger partial charge in [-0.05, 0) is 108 Å². The van der Waals surface area contributed by atoms with E-state index in [-0.39, 0.29) is 0 Å². The minimum atomic E-state index is 0.491. The van der Waals surface area contributed by atoms with Gasteiger partial charge >= 0.3 is 0 Å². The molecule has 0 fully saturated rings. The van der Waals surface area contributed by atoms with E-state index in [1.807, 2.05) is 60.7 Å². The van der Waals surface area contributed by atoms with Gasteiger partial charge in [0.2, 0.25) is 0 Å². The van der Waals surface area contributed by atoms with Gasteiger partial charge in [0.15, 0.2) is 23.3 Å². The Morgan fingerprint density at radius 3 is 1.43 bits per heavy atom.